The summed E-state index contributed by atoms with van der Waals surface area (Å²) >= 11 is 2.36. The zero-order valence-electron chi connectivity index (χ0n) is 10.7. The third kappa shape index (κ3) is 3.68. The predicted molar refractivity (Wildman–Crippen MR) is 82.1 cm³/mol. The number of nitrogens with one attached hydrogen (secondary N) is 1. The van der Waals surface area contributed by atoms with Crippen LogP contribution < -0.4 is 5.32 Å². The molecule has 0 aliphatic heterocycles. The highest BCUT2D eigenvalue weighted by molar-refractivity contribution is 14.1. The van der Waals surface area contributed by atoms with Crippen molar-refractivity contribution in [1.82, 2.24) is 5.32 Å². The first kappa shape index (κ1) is 13.3. The van der Waals surface area contributed by atoms with E-state index in [1.807, 2.05) is 0 Å². The fourth-order valence-corrected chi connectivity index (χ4v) is 3.09. The summed E-state index contributed by atoms with van der Waals surface area (Å²) in [6, 6.07) is 10.0. The maximum atomic E-state index is 3.80. The van der Waals surface area contributed by atoms with Crippen molar-refractivity contribution in [2.24, 2.45) is 5.92 Å². The molecule has 0 saturated heterocycles. The van der Waals surface area contributed by atoms with Gasteiger partial charge in [-0.1, -0.05) is 31.9 Å². The highest BCUT2D eigenvalue weighted by Crippen LogP contribution is 2.26. The standard InChI is InChI=1S/C15H22IN/c1-11-5-3-4-6-15(11)17-12(2)13-7-9-14(16)10-8-13/h7-12,15,17H,3-6H2,1-2H3. The van der Waals surface area contributed by atoms with Gasteiger partial charge in [0.1, 0.15) is 0 Å². The van der Waals surface area contributed by atoms with Gasteiger partial charge in [0.25, 0.3) is 0 Å². The summed E-state index contributed by atoms with van der Waals surface area (Å²) in [5, 5.41) is 3.80. The van der Waals surface area contributed by atoms with E-state index in [4.69, 9.17) is 0 Å². The third-order valence-electron chi connectivity index (χ3n) is 3.95. The Hall–Kier alpha value is -0.0900. The fraction of sp³-hybridized carbons (Fsp3) is 0.600. The maximum Gasteiger partial charge on any atom is 0.0294 e. The summed E-state index contributed by atoms with van der Waals surface area (Å²) in [5.41, 5.74) is 1.41. The first-order valence-corrected chi connectivity index (χ1v) is 7.76. The summed E-state index contributed by atoms with van der Waals surface area (Å²) < 4.78 is 1.31. The molecule has 1 aromatic carbocycles. The summed E-state index contributed by atoms with van der Waals surface area (Å²) in [6.45, 7) is 4.67. The van der Waals surface area contributed by atoms with Gasteiger partial charge in [0.05, 0.1) is 0 Å². The molecule has 17 heavy (non-hydrogen) atoms. The van der Waals surface area contributed by atoms with E-state index in [0.29, 0.717) is 12.1 Å². The van der Waals surface area contributed by atoms with Gasteiger partial charge in [0, 0.05) is 15.7 Å². The van der Waals surface area contributed by atoms with Crippen molar-refractivity contribution in [3.63, 3.8) is 0 Å². The second-order valence-electron chi connectivity index (χ2n) is 5.31. The average Bonchev–Trinajstić information content (AvgIpc) is 2.33. The van der Waals surface area contributed by atoms with Crippen LogP contribution in [0, 0.1) is 9.49 Å². The molecule has 0 spiro atoms. The molecule has 1 aromatic rings. The van der Waals surface area contributed by atoms with Gasteiger partial charge in [-0.25, -0.2) is 0 Å². The Morgan fingerprint density at radius 3 is 2.47 bits per heavy atom. The molecule has 1 saturated carbocycles. The molecule has 1 N–H and O–H groups in total. The minimum absolute atomic E-state index is 0.470. The van der Waals surface area contributed by atoms with Gasteiger partial charge in [-0.15, -0.1) is 0 Å². The molecule has 2 rings (SSSR count). The topological polar surface area (TPSA) is 12.0 Å². The molecule has 1 nitrogen and oxygen atoms in total. The Kier molecular flexibility index (Phi) is 4.86. The number of benzene rings is 1. The molecule has 0 bridgehead atoms. The molecule has 1 aliphatic rings. The average molecular weight is 343 g/mol. The van der Waals surface area contributed by atoms with Gasteiger partial charge in [0.2, 0.25) is 0 Å². The van der Waals surface area contributed by atoms with Crippen LogP contribution in [-0.2, 0) is 0 Å². The fourth-order valence-electron chi connectivity index (χ4n) is 2.73. The molecule has 0 aromatic heterocycles. The van der Waals surface area contributed by atoms with E-state index >= 15 is 0 Å². The van der Waals surface area contributed by atoms with Crippen molar-refractivity contribution in [3.05, 3.63) is 33.4 Å². The van der Waals surface area contributed by atoms with Crippen LogP contribution in [0.1, 0.15) is 51.1 Å². The zero-order valence-corrected chi connectivity index (χ0v) is 12.9. The van der Waals surface area contributed by atoms with Gasteiger partial charge >= 0.3 is 0 Å². The minimum Gasteiger partial charge on any atom is -0.307 e. The maximum absolute atomic E-state index is 3.80. The Labute approximate surface area is 119 Å². The molecule has 0 radical (unpaired) electrons. The zero-order chi connectivity index (χ0) is 12.3. The summed E-state index contributed by atoms with van der Waals surface area (Å²) in [7, 11) is 0. The third-order valence-corrected chi connectivity index (χ3v) is 4.66. The largest absolute Gasteiger partial charge is 0.307 e. The van der Waals surface area contributed by atoms with Gasteiger partial charge in [-0.2, -0.15) is 0 Å². The lowest BCUT2D eigenvalue weighted by atomic mass is 9.85. The van der Waals surface area contributed by atoms with Crippen LogP contribution in [0.25, 0.3) is 0 Å². The summed E-state index contributed by atoms with van der Waals surface area (Å²) in [4.78, 5) is 0. The Bertz CT molecular complexity index is 346. The smallest absolute Gasteiger partial charge is 0.0294 e. The summed E-state index contributed by atoms with van der Waals surface area (Å²) in [5.74, 6) is 0.829. The van der Waals surface area contributed by atoms with Gasteiger partial charge in [0.15, 0.2) is 0 Å². The number of hydrogen-bond donors (Lipinski definition) is 1. The number of rotatable bonds is 3. The molecule has 1 aliphatic carbocycles. The van der Waals surface area contributed by atoms with Crippen molar-refractivity contribution < 1.29 is 0 Å². The lowest BCUT2D eigenvalue weighted by Crippen LogP contribution is -2.38. The Balaban J connectivity index is 1.95. The number of halogens is 1. The normalized spacial score (nSPS) is 26.8. The van der Waals surface area contributed by atoms with Crippen molar-refractivity contribution in [1.29, 1.82) is 0 Å². The van der Waals surface area contributed by atoms with Gasteiger partial charge in [-0.05, 0) is 66.0 Å². The van der Waals surface area contributed by atoms with Crippen LogP contribution in [0.4, 0.5) is 0 Å². The van der Waals surface area contributed by atoms with Crippen LogP contribution >= 0.6 is 22.6 Å². The van der Waals surface area contributed by atoms with Crippen LogP contribution in [0.5, 0.6) is 0 Å². The van der Waals surface area contributed by atoms with Crippen LogP contribution in [-0.4, -0.2) is 6.04 Å². The molecule has 3 atom stereocenters. The van der Waals surface area contributed by atoms with E-state index in [1.165, 1.54) is 34.8 Å². The van der Waals surface area contributed by atoms with Crippen molar-refractivity contribution >= 4 is 22.6 Å². The molecule has 3 unspecified atom stereocenters. The first-order valence-electron chi connectivity index (χ1n) is 6.68. The quantitative estimate of drug-likeness (QED) is 0.796. The van der Waals surface area contributed by atoms with E-state index in [1.54, 1.807) is 0 Å². The second-order valence-corrected chi connectivity index (χ2v) is 6.55. The van der Waals surface area contributed by atoms with Gasteiger partial charge < -0.3 is 5.32 Å². The SMILES string of the molecule is CC(NC1CCCCC1C)c1ccc(I)cc1. The molecule has 2 heteroatoms. The van der Waals surface area contributed by atoms with Gasteiger partial charge in [-0.3, -0.25) is 0 Å². The monoisotopic (exact) mass is 343 g/mol. The lowest BCUT2D eigenvalue weighted by molar-refractivity contribution is 0.263. The number of hydrogen-bond acceptors (Lipinski definition) is 1. The lowest BCUT2D eigenvalue weighted by Gasteiger charge is -2.32. The van der Waals surface area contributed by atoms with E-state index in [9.17, 15) is 0 Å². The van der Waals surface area contributed by atoms with Crippen molar-refractivity contribution in [2.45, 2.75) is 51.6 Å². The predicted octanol–water partition coefficient (Wildman–Crippen LogP) is 4.52. The Morgan fingerprint density at radius 2 is 1.82 bits per heavy atom. The van der Waals surface area contributed by atoms with Crippen LogP contribution in [0.3, 0.4) is 0 Å². The Morgan fingerprint density at radius 1 is 1.18 bits per heavy atom. The van der Waals surface area contributed by atoms with Crippen molar-refractivity contribution in [2.75, 3.05) is 0 Å². The van der Waals surface area contributed by atoms with E-state index in [2.05, 4.69) is 66.0 Å². The molecular weight excluding hydrogens is 321 g/mol. The van der Waals surface area contributed by atoms with Crippen molar-refractivity contribution in [3.8, 4) is 0 Å². The van der Waals surface area contributed by atoms with Crippen LogP contribution in [0.2, 0.25) is 0 Å². The summed E-state index contributed by atoms with van der Waals surface area (Å²) in [6.07, 6.45) is 5.53. The molecule has 1 fully saturated rings. The van der Waals surface area contributed by atoms with E-state index in [-0.39, 0.29) is 0 Å². The highest BCUT2D eigenvalue weighted by Gasteiger charge is 2.22. The molecule has 94 valence electrons. The molecular formula is C15H22IN. The van der Waals surface area contributed by atoms with E-state index < -0.39 is 0 Å². The molecule has 0 heterocycles. The van der Waals surface area contributed by atoms with Crippen LogP contribution in [0.15, 0.2) is 24.3 Å². The van der Waals surface area contributed by atoms with E-state index in [0.717, 1.165) is 5.92 Å². The first-order chi connectivity index (χ1) is 8.16. The minimum atomic E-state index is 0.470. The molecule has 0 amide bonds. The highest BCUT2D eigenvalue weighted by atomic mass is 127. The second kappa shape index (κ2) is 6.19.